The molecule has 0 saturated heterocycles. The van der Waals surface area contributed by atoms with Crippen LogP contribution in [0, 0.1) is 6.07 Å². The third kappa shape index (κ3) is 1.55. The van der Waals surface area contributed by atoms with Crippen LogP contribution in [-0.2, 0) is 0 Å². The van der Waals surface area contributed by atoms with E-state index in [2.05, 4.69) is 6.07 Å². The topological polar surface area (TPSA) is 40.5 Å². The Hall–Kier alpha value is -1.96. The highest BCUT2D eigenvalue weighted by molar-refractivity contribution is 5.69. The summed E-state index contributed by atoms with van der Waals surface area (Å²) >= 11 is 0. The third-order valence-corrected chi connectivity index (χ3v) is 1.99. The van der Waals surface area contributed by atoms with Gasteiger partial charge in [0.2, 0.25) is 0 Å². The third-order valence-electron chi connectivity index (χ3n) is 1.99. The van der Waals surface area contributed by atoms with Crippen LogP contribution in [0.25, 0.3) is 11.1 Å². The molecule has 69 valence electrons. The Bertz CT molecular complexity index is 432. The molecule has 2 aromatic rings. The maximum absolute atomic E-state index is 9.54. The van der Waals surface area contributed by atoms with E-state index in [0.717, 1.165) is 5.56 Å². The van der Waals surface area contributed by atoms with Gasteiger partial charge in [0.25, 0.3) is 0 Å². The average molecular weight is 185 g/mol. The summed E-state index contributed by atoms with van der Waals surface area (Å²) < 4.78 is 0. The minimum atomic E-state index is 0.193. The van der Waals surface area contributed by atoms with Crippen LogP contribution in [0.15, 0.2) is 42.5 Å². The fourth-order valence-corrected chi connectivity index (χ4v) is 1.29. The van der Waals surface area contributed by atoms with Gasteiger partial charge in [0, 0.05) is 5.56 Å². The second-order valence-electron chi connectivity index (χ2n) is 2.98. The van der Waals surface area contributed by atoms with Gasteiger partial charge in [0.05, 0.1) is 0 Å². The summed E-state index contributed by atoms with van der Waals surface area (Å²) in [6.07, 6.45) is 0. The van der Waals surface area contributed by atoms with Crippen LogP contribution >= 0.6 is 0 Å². The standard InChI is InChI=1S/C12H9O2/c13-10-7-5-9(6-8-10)11-3-1-2-4-12(11)14/h1-2,4-8,13-14H. The molecule has 2 heteroatoms. The van der Waals surface area contributed by atoms with Gasteiger partial charge in [0.15, 0.2) is 0 Å². The number of phenolic OH excluding ortho intramolecular Hbond substituents is 2. The lowest BCUT2D eigenvalue weighted by Crippen LogP contribution is -1.78. The van der Waals surface area contributed by atoms with Crippen LogP contribution in [0.1, 0.15) is 0 Å². The number of rotatable bonds is 1. The van der Waals surface area contributed by atoms with Gasteiger partial charge in [-0.3, -0.25) is 0 Å². The first-order chi connectivity index (χ1) is 6.77. The second-order valence-corrected chi connectivity index (χ2v) is 2.98. The predicted octanol–water partition coefficient (Wildman–Crippen LogP) is 2.56. The molecule has 0 aliphatic heterocycles. The molecule has 0 spiro atoms. The monoisotopic (exact) mass is 185 g/mol. The Kier molecular flexibility index (Phi) is 2.11. The molecular weight excluding hydrogens is 176 g/mol. The molecule has 14 heavy (non-hydrogen) atoms. The molecule has 2 N–H and O–H groups in total. The minimum absolute atomic E-state index is 0.193. The van der Waals surface area contributed by atoms with Gasteiger partial charge in [0.1, 0.15) is 11.5 Å². The molecule has 0 bridgehead atoms. The van der Waals surface area contributed by atoms with Crippen LogP contribution in [0.2, 0.25) is 0 Å². The summed E-state index contributed by atoms with van der Waals surface area (Å²) in [7, 11) is 0. The number of hydrogen-bond acceptors (Lipinski definition) is 2. The summed E-state index contributed by atoms with van der Waals surface area (Å²) in [4.78, 5) is 0. The second kappa shape index (κ2) is 3.42. The predicted molar refractivity (Wildman–Crippen MR) is 54.0 cm³/mol. The lowest BCUT2D eigenvalue weighted by molar-refractivity contribution is 0.474. The zero-order valence-electron chi connectivity index (χ0n) is 7.44. The molecule has 1 radical (unpaired) electrons. The Morgan fingerprint density at radius 3 is 2.29 bits per heavy atom. The summed E-state index contributed by atoms with van der Waals surface area (Å²) in [5.74, 6) is 0.405. The van der Waals surface area contributed by atoms with Crippen molar-refractivity contribution in [2.24, 2.45) is 0 Å². The highest BCUT2D eigenvalue weighted by Crippen LogP contribution is 2.28. The zero-order valence-corrected chi connectivity index (χ0v) is 7.44. The Labute approximate surface area is 82.1 Å². The maximum atomic E-state index is 9.54. The first kappa shape index (κ1) is 8.63. The lowest BCUT2D eigenvalue weighted by Gasteiger charge is -2.03. The van der Waals surface area contributed by atoms with Gasteiger partial charge < -0.3 is 10.2 Å². The quantitative estimate of drug-likeness (QED) is 0.716. The fourth-order valence-electron chi connectivity index (χ4n) is 1.29. The van der Waals surface area contributed by atoms with Gasteiger partial charge in [-0.2, -0.15) is 0 Å². The number of hydrogen-bond donors (Lipinski definition) is 2. The van der Waals surface area contributed by atoms with Crippen LogP contribution in [-0.4, -0.2) is 10.2 Å². The Morgan fingerprint density at radius 2 is 1.64 bits per heavy atom. The van der Waals surface area contributed by atoms with E-state index in [-0.39, 0.29) is 11.5 Å². The van der Waals surface area contributed by atoms with Crippen molar-refractivity contribution in [3.8, 4) is 22.6 Å². The summed E-state index contributed by atoms with van der Waals surface area (Å²) in [6.45, 7) is 0. The van der Waals surface area contributed by atoms with Crippen LogP contribution < -0.4 is 0 Å². The van der Waals surface area contributed by atoms with Gasteiger partial charge in [-0.25, -0.2) is 0 Å². The van der Waals surface area contributed by atoms with E-state index in [1.54, 1.807) is 42.5 Å². The van der Waals surface area contributed by atoms with Crippen molar-refractivity contribution >= 4 is 0 Å². The van der Waals surface area contributed by atoms with E-state index in [1.807, 2.05) is 0 Å². The number of benzene rings is 2. The minimum Gasteiger partial charge on any atom is -0.508 e. The molecule has 0 atom stereocenters. The molecule has 0 aliphatic carbocycles. The van der Waals surface area contributed by atoms with E-state index in [9.17, 15) is 5.11 Å². The highest BCUT2D eigenvalue weighted by Gasteiger charge is 2.02. The first-order valence-electron chi connectivity index (χ1n) is 4.26. The smallest absolute Gasteiger partial charge is 0.124 e. The van der Waals surface area contributed by atoms with Gasteiger partial charge >= 0.3 is 0 Å². The molecule has 0 saturated carbocycles. The van der Waals surface area contributed by atoms with Gasteiger partial charge in [-0.05, 0) is 29.8 Å². The molecule has 0 fully saturated rings. The molecule has 2 nitrogen and oxygen atoms in total. The molecule has 0 amide bonds. The SMILES string of the molecule is Oc1ccc(-c2[c]cccc2O)cc1. The molecule has 2 rings (SSSR count). The van der Waals surface area contributed by atoms with E-state index >= 15 is 0 Å². The maximum Gasteiger partial charge on any atom is 0.124 e. The van der Waals surface area contributed by atoms with Crippen LogP contribution in [0.3, 0.4) is 0 Å². The van der Waals surface area contributed by atoms with E-state index in [0.29, 0.717) is 5.56 Å². The first-order valence-corrected chi connectivity index (χ1v) is 4.26. The molecule has 0 aromatic heterocycles. The van der Waals surface area contributed by atoms with Gasteiger partial charge in [-0.1, -0.05) is 24.3 Å². The summed E-state index contributed by atoms with van der Waals surface area (Å²) in [6, 6.07) is 14.6. The average Bonchev–Trinajstić information content (AvgIpc) is 2.20. The molecule has 0 aliphatic rings. The van der Waals surface area contributed by atoms with Gasteiger partial charge in [-0.15, -0.1) is 0 Å². The molecule has 0 unspecified atom stereocenters. The van der Waals surface area contributed by atoms with Crippen molar-refractivity contribution in [1.29, 1.82) is 0 Å². The van der Waals surface area contributed by atoms with E-state index in [4.69, 9.17) is 5.11 Å². The largest absolute Gasteiger partial charge is 0.508 e. The molecular formula is C12H9O2. The highest BCUT2D eigenvalue weighted by atomic mass is 16.3. The summed E-state index contributed by atoms with van der Waals surface area (Å²) in [5.41, 5.74) is 1.48. The number of phenols is 2. The van der Waals surface area contributed by atoms with Crippen molar-refractivity contribution in [2.75, 3.05) is 0 Å². The van der Waals surface area contributed by atoms with Crippen LogP contribution in [0.5, 0.6) is 11.5 Å². The number of aromatic hydroxyl groups is 2. The fraction of sp³-hybridized carbons (Fsp3) is 0. The molecule has 2 aromatic carbocycles. The normalized spacial score (nSPS) is 10.0. The zero-order chi connectivity index (χ0) is 9.97. The van der Waals surface area contributed by atoms with Crippen molar-refractivity contribution in [1.82, 2.24) is 0 Å². The lowest BCUT2D eigenvalue weighted by atomic mass is 10.0. The Morgan fingerprint density at radius 1 is 0.929 bits per heavy atom. The molecule has 0 heterocycles. The van der Waals surface area contributed by atoms with Crippen molar-refractivity contribution in [2.45, 2.75) is 0 Å². The summed E-state index contributed by atoms with van der Waals surface area (Å²) in [5, 5.41) is 18.6. The Balaban J connectivity index is 2.50. The van der Waals surface area contributed by atoms with Crippen molar-refractivity contribution in [3.05, 3.63) is 48.5 Å². The van der Waals surface area contributed by atoms with Crippen LogP contribution in [0.4, 0.5) is 0 Å². The van der Waals surface area contributed by atoms with Crippen molar-refractivity contribution < 1.29 is 10.2 Å². The van der Waals surface area contributed by atoms with E-state index in [1.165, 1.54) is 0 Å². The van der Waals surface area contributed by atoms with Crippen molar-refractivity contribution in [3.63, 3.8) is 0 Å². The van der Waals surface area contributed by atoms with E-state index < -0.39 is 0 Å².